The van der Waals surface area contributed by atoms with Gasteiger partial charge in [-0.25, -0.2) is 13.9 Å². The molecule has 8 saturated carbocycles. The fourth-order valence-electron chi connectivity index (χ4n) is 9.90. The Balaban J connectivity index is 0.000000226. The van der Waals surface area contributed by atoms with Gasteiger partial charge in [-0.2, -0.15) is 0 Å². The number of aromatic nitrogens is 2. The van der Waals surface area contributed by atoms with E-state index in [2.05, 4.69) is 32.6 Å². The molecular weight excluding hydrogens is 412 g/mol. The summed E-state index contributed by atoms with van der Waals surface area (Å²) in [6.07, 6.45) is 26.7. The second-order valence-electron chi connectivity index (χ2n) is 12.8. The van der Waals surface area contributed by atoms with Crippen molar-refractivity contribution in [1.29, 1.82) is 0 Å². The fourth-order valence-corrected chi connectivity index (χ4v) is 9.90. The molecule has 0 spiro atoms. The fraction of sp³-hybridized carbons (Fsp3) is 0.786. The van der Waals surface area contributed by atoms with Gasteiger partial charge in [0, 0.05) is 6.08 Å². The normalized spacial score (nSPS) is 44.5. The first-order chi connectivity index (χ1) is 15.8. The van der Waals surface area contributed by atoms with Crippen molar-refractivity contribution in [1.82, 2.24) is 4.57 Å². The van der Waals surface area contributed by atoms with E-state index in [0.717, 1.165) is 41.6 Å². The zero-order valence-electron chi connectivity index (χ0n) is 20.4. The molecule has 0 N–H and O–H groups in total. The molecule has 9 rings (SSSR count). The molecule has 0 aromatic carbocycles. The molecule has 0 aliphatic heterocycles. The second kappa shape index (κ2) is 7.88. The largest absolute Gasteiger partial charge is 0.875 e. The first-order valence-corrected chi connectivity index (χ1v) is 13.4. The van der Waals surface area contributed by atoms with Crippen LogP contribution in [0.1, 0.15) is 84.0 Å². The Morgan fingerprint density at radius 2 is 1.36 bits per heavy atom. The maximum atomic E-state index is 10.1. The highest BCUT2D eigenvalue weighted by Crippen LogP contribution is 2.59. The monoisotopic (exact) mass is 452 g/mol. The smallest absolute Gasteiger partial charge is 0.329 e. The molecular formula is C28H40N2O3. The Morgan fingerprint density at radius 1 is 0.909 bits per heavy atom. The molecule has 0 amide bonds. The Morgan fingerprint density at radius 3 is 1.76 bits per heavy atom. The zero-order chi connectivity index (χ0) is 22.8. The van der Waals surface area contributed by atoms with Gasteiger partial charge in [-0.3, -0.25) is 0 Å². The van der Waals surface area contributed by atoms with Gasteiger partial charge in [-0.05, 0) is 113 Å². The van der Waals surface area contributed by atoms with Crippen LogP contribution in [-0.4, -0.2) is 17.6 Å². The van der Waals surface area contributed by atoms with Crippen LogP contribution in [0.5, 0.6) is 0 Å². The van der Waals surface area contributed by atoms with Gasteiger partial charge in [0.1, 0.15) is 23.5 Å². The Bertz CT molecular complexity index is 812. The van der Waals surface area contributed by atoms with Crippen molar-refractivity contribution in [3.05, 3.63) is 30.6 Å². The molecule has 1 aromatic rings. The van der Waals surface area contributed by atoms with E-state index in [-0.39, 0.29) is 5.76 Å². The van der Waals surface area contributed by atoms with Crippen LogP contribution in [0.25, 0.3) is 0 Å². The van der Waals surface area contributed by atoms with Crippen LogP contribution < -0.4 is 9.67 Å². The summed E-state index contributed by atoms with van der Waals surface area (Å²) in [5.74, 6) is 5.37. The van der Waals surface area contributed by atoms with Crippen LogP contribution in [0.2, 0.25) is 0 Å². The number of imidazole rings is 1. The third-order valence-electron chi connectivity index (χ3n) is 10.3. The Hall–Kier alpha value is -1.78. The number of ether oxygens (including phenoxy) is 1. The average Bonchev–Trinajstić information content (AvgIpc) is 3.24. The van der Waals surface area contributed by atoms with E-state index >= 15 is 0 Å². The number of hydrogen-bond donors (Lipinski definition) is 0. The van der Waals surface area contributed by atoms with Crippen molar-refractivity contribution in [2.24, 2.45) is 35.5 Å². The topological polar surface area (TPSA) is 58.2 Å². The lowest BCUT2D eigenvalue weighted by Crippen LogP contribution is -2.64. The molecule has 8 aliphatic rings. The number of rotatable bonds is 3. The van der Waals surface area contributed by atoms with E-state index < -0.39 is 5.97 Å². The van der Waals surface area contributed by atoms with E-state index in [1.54, 1.807) is 38.5 Å². The van der Waals surface area contributed by atoms with E-state index in [4.69, 9.17) is 0 Å². The van der Waals surface area contributed by atoms with Crippen molar-refractivity contribution in [2.75, 3.05) is 7.11 Å². The molecule has 33 heavy (non-hydrogen) atoms. The summed E-state index contributed by atoms with van der Waals surface area (Å²) in [4.78, 5) is 10.1. The van der Waals surface area contributed by atoms with E-state index in [9.17, 15) is 9.90 Å². The molecule has 8 fully saturated rings. The van der Waals surface area contributed by atoms with Gasteiger partial charge >= 0.3 is 5.97 Å². The summed E-state index contributed by atoms with van der Waals surface area (Å²) in [7, 11) is 1.22. The number of nitrogens with zero attached hydrogens (tertiary/aromatic N) is 2. The molecule has 0 radical (unpaired) electrons. The summed E-state index contributed by atoms with van der Waals surface area (Å²) in [5.41, 5.74) is 1.00. The number of methoxy groups -OCH3 is 1. The van der Waals surface area contributed by atoms with Gasteiger partial charge in [0.2, 0.25) is 6.33 Å². The first kappa shape index (κ1) is 21.7. The van der Waals surface area contributed by atoms with Crippen molar-refractivity contribution < 1.29 is 19.2 Å². The summed E-state index contributed by atoms with van der Waals surface area (Å²) < 4.78 is 9.61. The molecule has 1 aromatic heterocycles. The van der Waals surface area contributed by atoms with E-state index in [0.29, 0.717) is 11.1 Å². The number of esters is 1. The average molecular weight is 453 g/mol. The minimum absolute atomic E-state index is 0.295. The highest BCUT2D eigenvalue weighted by molar-refractivity contribution is 5.81. The molecule has 5 nitrogen and oxygen atoms in total. The first-order valence-electron chi connectivity index (χ1n) is 13.4. The molecule has 0 atom stereocenters. The SMILES string of the molecule is COC(=O)/C=C(\C)[O-].c1c[n+](C23CC4CC(CC(C4)C2)C3)cn1C12CC3CC(CC(C3)C1)C2. The third kappa shape index (κ3) is 3.83. The number of hydrogen-bond acceptors (Lipinski definition) is 3. The molecule has 8 bridgehead atoms. The lowest BCUT2D eigenvalue weighted by molar-refractivity contribution is -0.776. The minimum atomic E-state index is -0.600. The zero-order valence-corrected chi connectivity index (χ0v) is 20.4. The summed E-state index contributed by atoms with van der Waals surface area (Å²) in [6, 6.07) is 0. The van der Waals surface area contributed by atoms with Crippen LogP contribution >= 0.6 is 0 Å². The molecule has 8 aliphatic carbocycles. The molecule has 0 unspecified atom stereocenters. The second-order valence-corrected chi connectivity index (χ2v) is 12.8. The van der Waals surface area contributed by atoms with Gasteiger partial charge in [-0.15, -0.1) is 5.76 Å². The summed E-state index contributed by atoms with van der Waals surface area (Å²) in [6.45, 7) is 1.29. The quantitative estimate of drug-likeness (QED) is 0.301. The van der Waals surface area contributed by atoms with Crippen molar-refractivity contribution in [2.45, 2.75) is 95.1 Å². The van der Waals surface area contributed by atoms with Crippen molar-refractivity contribution in [3.63, 3.8) is 0 Å². The van der Waals surface area contributed by atoms with Crippen molar-refractivity contribution in [3.8, 4) is 0 Å². The molecule has 1 heterocycles. The van der Waals surface area contributed by atoms with E-state index in [1.165, 1.54) is 52.6 Å². The van der Waals surface area contributed by atoms with Crippen LogP contribution in [0.15, 0.2) is 30.6 Å². The molecule has 0 saturated heterocycles. The van der Waals surface area contributed by atoms with Gasteiger partial charge < -0.3 is 9.84 Å². The summed E-state index contributed by atoms with van der Waals surface area (Å²) >= 11 is 0. The van der Waals surface area contributed by atoms with Gasteiger partial charge in [0.05, 0.1) is 7.11 Å². The highest BCUT2D eigenvalue weighted by Gasteiger charge is 2.57. The summed E-state index contributed by atoms with van der Waals surface area (Å²) in [5, 5.41) is 10.1. The third-order valence-corrected chi connectivity index (χ3v) is 10.3. The van der Waals surface area contributed by atoms with Crippen LogP contribution in [0.4, 0.5) is 0 Å². The Kier molecular flexibility index (Phi) is 5.19. The predicted molar refractivity (Wildman–Crippen MR) is 123 cm³/mol. The van der Waals surface area contributed by atoms with Gasteiger partial charge in [0.25, 0.3) is 0 Å². The lowest BCUT2D eigenvalue weighted by atomic mass is 9.53. The maximum absolute atomic E-state index is 10.1. The maximum Gasteiger partial charge on any atom is 0.329 e. The minimum Gasteiger partial charge on any atom is -0.875 e. The standard InChI is InChI=1S/C23H33N2.C5H8O3/c1-2-25(23-12-19-6-20(13-23)8-21(7-19)14-23)15-24(1)22-9-16-3-17(10-22)5-18(4-16)11-22;1-4(6)3-5(7)8-2/h1-2,15-21H,3-14H2;3,6H,1-2H3/q+1;/p-1/b;4-3+. The van der Waals surface area contributed by atoms with Gasteiger partial charge in [-0.1, -0.05) is 6.92 Å². The van der Waals surface area contributed by atoms with Crippen LogP contribution in [0, 0.1) is 35.5 Å². The molecule has 180 valence electrons. The highest BCUT2D eigenvalue weighted by atomic mass is 16.5. The number of carbonyl (C=O) groups excluding carboxylic acids is 1. The number of carbonyl (C=O) groups is 1. The van der Waals surface area contributed by atoms with Crippen molar-refractivity contribution >= 4 is 5.97 Å². The van der Waals surface area contributed by atoms with Crippen LogP contribution in [0.3, 0.4) is 0 Å². The number of allylic oxidation sites excluding steroid dienone is 1. The Labute approximate surface area is 198 Å². The lowest BCUT2D eigenvalue weighted by Gasteiger charge is -2.55. The predicted octanol–water partition coefficient (Wildman–Crippen LogP) is 4.05. The van der Waals surface area contributed by atoms with Crippen LogP contribution in [-0.2, 0) is 20.6 Å². The molecule has 5 heteroatoms. The van der Waals surface area contributed by atoms with E-state index in [1.807, 2.05) is 0 Å². The van der Waals surface area contributed by atoms with Gasteiger partial charge in [0.15, 0.2) is 0 Å².